The van der Waals surface area contributed by atoms with Crippen molar-refractivity contribution in [2.45, 2.75) is 13.3 Å². The molecule has 0 aromatic carbocycles. The van der Waals surface area contributed by atoms with Crippen LogP contribution in [0.1, 0.15) is 17.1 Å². The Morgan fingerprint density at radius 1 is 1.17 bits per heavy atom. The van der Waals surface area contributed by atoms with Gasteiger partial charge in [0.25, 0.3) is 0 Å². The number of pyridine rings is 1. The second-order valence-corrected chi connectivity index (χ2v) is 5.24. The minimum Gasteiger partial charge on any atom is -0.294 e. The molecule has 0 amide bonds. The van der Waals surface area contributed by atoms with E-state index in [1.165, 1.54) is 18.5 Å². The van der Waals surface area contributed by atoms with E-state index in [0.29, 0.717) is 34.2 Å². The van der Waals surface area contributed by atoms with Crippen LogP contribution in [0.2, 0.25) is 0 Å². The van der Waals surface area contributed by atoms with E-state index in [1.54, 1.807) is 23.6 Å². The fourth-order valence-corrected chi connectivity index (χ4v) is 2.52. The number of nitrogens with zero attached hydrogens (tertiary/aromatic N) is 6. The topological polar surface area (TPSA) is 84.7 Å². The lowest BCUT2D eigenvalue weighted by atomic mass is 10.1. The van der Waals surface area contributed by atoms with E-state index >= 15 is 0 Å². The van der Waals surface area contributed by atoms with Crippen molar-refractivity contribution in [2.24, 2.45) is 0 Å². The Labute approximate surface area is 134 Å². The molecule has 120 valence electrons. The predicted molar refractivity (Wildman–Crippen MR) is 80.1 cm³/mol. The number of aryl methyl sites for hydroxylation is 1. The van der Waals surface area contributed by atoms with Crippen molar-refractivity contribution in [3.8, 4) is 11.6 Å². The Hall–Kier alpha value is -3.23. The summed E-state index contributed by atoms with van der Waals surface area (Å²) in [7, 11) is 0. The van der Waals surface area contributed by atoms with Gasteiger partial charge in [-0.1, -0.05) is 0 Å². The molecule has 0 fully saturated rings. The van der Waals surface area contributed by atoms with Crippen LogP contribution in [0.25, 0.3) is 17.2 Å². The first-order valence-corrected chi connectivity index (χ1v) is 7.13. The summed E-state index contributed by atoms with van der Waals surface area (Å²) < 4.78 is 28.8. The number of fused-ring (bicyclic) bond motifs is 1. The summed E-state index contributed by atoms with van der Waals surface area (Å²) in [5.41, 5.74) is 1.41. The maximum Gasteiger partial charge on any atom is 0.308 e. The van der Waals surface area contributed by atoms with E-state index in [-0.39, 0.29) is 6.42 Å². The Morgan fingerprint density at radius 2 is 1.96 bits per heavy atom. The molecule has 0 spiro atoms. The second-order valence-electron chi connectivity index (χ2n) is 5.24. The number of imidazole rings is 1. The molecule has 24 heavy (non-hydrogen) atoms. The largest absolute Gasteiger partial charge is 0.308 e. The third kappa shape index (κ3) is 2.39. The van der Waals surface area contributed by atoms with Gasteiger partial charge in [-0.2, -0.15) is 9.49 Å². The summed E-state index contributed by atoms with van der Waals surface area (Å²) in [6.45, 7) is 1.77. The Balaban J connectivity index is 1.87. The van der Waals surface area contributed by atoms with Gasteiger partial charge in [0.2, 0.25) is 5.82 Å². The van der Waals surface area contributed by atoms with Crippen LogP contribution in [0.5, 0.6) is 0 Å². The number of halogens is 2. The van der Waals surface area contributed by atoms with Crippen molar-refractivity contribution < 1.29 is 8.78 Å². The zero-order valence-electron chi connectivity index (χ0n) is 12.5. The molecule has 9 heteroatoms. The van der Waals surface area contributed by atoms with Crippen LogP contribution < -0.4 is 0 Å². The summed E-state index contributed by atoms with van der Waals surface area (Å²) in [4.78, 5) is 15.7. The van der Waals surface area contributed by atoms with Gasteiger partial charge in [0.05, 0.1) is 5.69 Å². The van der Waals surface area contributed by atoms with Gasteiger partial charge in [-0.25, -0.2) is 24.3 Å². The first kappa shape index (κ1) is 14.4. The lowest BCUT2D eigenvalue weighted by Gasteiger charge is -2.00. The van der Waals surface area contributed by atoms with Gasteiger partial charge in [0, 0.05) is 25.0 Å². The molecule has 4 aromatic rings. The van der Waals surface area contributed by atoms with E-state index in [1.807, 2.05) is 0 Å². The minimum atomic E-state index is -0.809. The molecule has 0 saturated carbocycles. The highest BCUT2D eigenvalue weighted by atomic mass is 19.1. The molecule has 4 rings (SSSR count). The van der Waals surface area contributed by atoms with Gasteiger partial charge < -0.3 is 0 Å². The molecule has 0 radical (unpaired) electrons. The summed E-state index contributed by atoms with van der Waals surface area (Å²) >= 11 is 0. The average Bonchev–Trinajstić information content (AvgIpc) is 3.14. The van der Waals surface area contributed by atoms with E-state index in [4.69, 9.17) is 0 Å². The normalized spacial score (nSPS) is 11.3. The monoisotopic (exact) mass is 327 g/mol. The fraction of sp³-hybridized carbons (Fsp3) is 0.133. The molecule has 0 saturated heterocycles. The number of H-pyrrole nitrogens is 1. The molecule has 1 N–H and O–H groups in total. The Morgan fingerprint density at radius 3 is 2.67 bits per heavy atom. The lowest BCUT2D eigenvalue weighted by molar-refractivity contribution is 0.536. The first-order valence-electron chi connectivity index (χ1n) is 7.13. The van der Waals surface area contributed by atoms with E-state index < -0.39 is 11.9 Å². The summed E-state index contributed by atoms with van der Waals surface area (Å²) in [6.07, 6.45) is 3.85. The van der Waals surface area contributed by atoms with Gasteiger partial charge in [-0.3, -0.25) is 9.50 Å². The minimum absolute atomic E-state index is 0.258. The quantitative estimate of drug-likeness (QED) is 0.582. The maximum atomic E-state index is 14.3. The second kappa shape index (κ2) is 5.44. The molecule has 0 unspecified atom stereocenters. The summed E-state index contributed by atoms with van der Waals surface area (Å²) in [6, 6.07) is 2.94. The standard InChI is InChI=1S/C15H11F2N7/c1-8-20-13(23-22-8)14-21-11(5-9-6-18-15(17)19-7-9)12-10(16)3-2-4-24(12)14/h2-4,6-7H,5H2,1H3,(H,20,22,23). The maximum absolute atomic E-state index is 14.3. The molecule has 4 aromatic heterocycles. The van der Waals surface area contributed by atoms with E-state index in [9.17, 15) is 8.78 Å². The molecule has 7 nitrogen and oxygen atoms in total. The van der Waals surface area contributed by atoms with Gasteiger partial charge in [-0.15, -0.1) is 0 Å². The van der Waals surface area contributed by atoms with Crippen LogP contribution >= 0.6 is 0 Å². The SMILES string of the molecule is Cc1nc(-c2nc(Cc3cnc(F)nc3)c3c(F)cccn23)n[nH]1. The van der Waals surface area contributed by atoms with Crippen LogP contribution in [0.3, 0.4) is 0 Å². The van der Waals surface area contributed by atoms with Gasteiger partial charge in [0.15, 0.2) is 5.82 Å². The van der Waals surface area contributed by atoms with Crippen molar-refractivity contribution >= 4 is 5.52 Å². The predicted octanol–water partition coefficient (Wildman–Crippen LogP) is 2.09. The molecule has 0 bridgehead atoms. The summed E-state index contributed by atoms with van der Waals surface area (Å²) in [5, 5.41) is 6.82. The molecule has 0 aliphatic rings. The number of hydrogen-bond acceptors (Lipinski definition) is 5. The molecule has 0 atom stereocenters. The number of aromatic nitrogens is 7. The van der Waals surface area contributed by atoms with E-state index in [2.05, 4.69) is 30.1 Å². The first-order chi connectivity index (χ1) is 11.6. The van der Waals surface area contributed by atoms with Crippen LogP contribution in [0.15, 0.2) is 30.7 Å². The van der Waals surface area contributed by atoms with Crippen molar-refractivity contribution in [3.63, 3.8) is 0 Å². The number of nitrogens with one attached hydrogen (secondary N) is 1. The zero-order chi connectivity index (χ0) is 16.7. The Kier molecular flexibility index (Phi) is 3.26. The third-order valence-electron chi connectivity index (χ3n) is 3.53. The molecule has 0 aliphatic carbocycles. The number of hydrogen-bond donors (Lipinski definition) is 1. The summed E-state index contributed by atoms with van der Waals surface area (Å²) in [5.74, 6) is 1.01. The van der Waals surface area contributed by atoms with Crippen molar-refractivity contribution in [3.05, 3.63) is 59.7 Å². The highest BCUT2D eigenvalue weighted by Gasteiger charge is 2.19. The lowest BCUT2D eigenvalue weighted by Crippen LogP contribution is -1.96. The van der Waals surface area contributed by atoms with Crippen LogP contribution in [0.4, 0.5) is 8.78 Å². The highest BCUT2D eigenvalue weighted by molar-refractivity contribution is 5.62. The molecular weight excluding hydrogens is 316 g/mol. The van der Waals surface area contributed by atoms with E-state index in [0.717, 1.165) is 0 Å². The average molecular weight is 327 g/mol. The molecular formula is C15H11F2N7. The molecule has 4 heterocycles. The third-order valence-corrected chi connectivity index (χ3v) is 3.53. The molecule has 0 aliphatic heterocycles. The smallest absolute Gasteiger partial charge is 0.294 e. The fourth-order valence-electron chi connectivity index (χ4n) is 2.52. The van der Waals surface area contributed by atoms with Gasteiger partial charge in [-0.05, 0) is 24.6 Å². The van der Waals surface area contributed by atoms with Crippen LogP contribution in [-0.4, -0.2) is 34.5 Å². The van der Waals surface area contributed by atoms with Gasteiger partial charge >= 0.3 is 6.08 Å². The highest BCUT2D eigenvalue weighted by Crippen LogP contribution is 2.24. The zero-order valence-corrected chi connectivity index (χ0v) is 12.5. The van der Waals surface area contributed by atoms with Crippen molar-refractivity contribution in [1.82, 2.24) is 34.5 Å². The van der Waals surface area contributed by atoms with Crippen molar-refractivity contribution in [1.29, 1.82) is 0 Å². The number of rotatable bonds is 3. The van der Waals surface area contributed by atoms with Crippen LogP contribution in [0, 0.1) is 18.8 Å². The van der Waals surface area contributed by atoms with Gasteiger partial charge in [0.1, 0.15) is 17.2 Å². The van der Waals surface area contributed by atoms with Crippen molar-refractivity contribution in [2.75, 3.05) is 0 Å². The van der Waals surface area contributed by atoms with Crippen LogP contribution in [-0.2, 0) is 6.42 Å². The Bertz CT molecular complexity index is 1020. The number of aromatic amines is 1.